The maximum atomic E-state index is 13.5. The van der Waals surface area contributed by atoms with E-state index in [1.807, 2.05) is 11.8 Å². The van der Waals surface area contributed by atoms with Crippen LogP contribution in [0.2, 0.25) is 0 Å². The second-order valence-corrected chi connectivity index (χ2v) is 7.89. The Bertz CT molecular complexity index is 1040. The molecule has 1 amide bonds. The molecular weight excluding hydrogens is 395 g/mol. The number of hydrogen-bond acceptors (Lipinski definition) is 5. The van der Waals surface area contributed by atoms with Crippen LogP contribution < -0.4 is 4.90 Å². The highest BCUT2D eigenvalue weighted by Gasteiger charge is 2.22. The predicted octanol–water partition coefficient (Wildman–Crippen LogP) is 3.29. The highest BCUT2D eigenvalue weighted by atomic mass is 19.1. The maximum absolute atomic E-state index is 13.5. The molecule has 0 radical (unpaired) electrons. The molecule has 1 aliphatic rings. The van der Waals surface area contributed by atoms with Crippen molar-refractivity contribution in [3.63, 3.8) is 0 Å². The molecule has 0 saturated carbocycles. The van der Waals surface area contributed by atoms with Gasteiger partial charge in [-0.05, 0) is 56.5 Å². The number of aromatic amines is 1. The molecule has 0 aliphatic carbocycles. The monoisotopic (exact) mass is 422 g/mol. The average Bonchev–Trinajstić information content (AvgIpc) is 3.16. The minimum absolute atomic E-state index is 0.177. The van der Waals surface area contributed by atoms with Gasteiger partial charge in [-0.15, -0.1) is 0 Å². The lowest BCUT2D eigenvalue weighted by Gasteiger charge is -2.34. The number of halogens is 1. The molecule has 162 valence electrons. The molecule has 31 heavy (non-hydrogen) atoms. The zero-order valence-electron chi connectivity index (χ0n) is 17.9. The number of rotatable bonds is 6. The van der Waals surface area contributed by atoms with Crippen molar-refractivity contribution in [2.75, 3.05) is 31.1 Å². The second kappa shape index (κ2) is 9.24. The van der Waals surface area contributed by atoms with E-state index in [4.69, 9.17) is 0 Å². The third-order valence-electron chi connectivity index (χ3n) is 5.69. The molecule has 3 heterocycles. The van der Waals surface area contributed by atoms with Crippen LogP contribution in [0.3, 0.4) is 0 Å². The van der Waals surface area contributed by atoms with Crippen molar-refractivity contribution in [1.29, 1.82) is 0 Å². The zero-order valence-corrected chi connectivity index (χ0v) is 17.9. The molecular formula is C23H27FN6O. The largest absolute Gasteiger partial charge is 0.342 e. The summed E-state index contributed by atoms with van der Waals surface area (Å²) in [4.78, 5) is 33.2. The summed E-state index contributed by atoms with van der Waals surface area (Å²) in [7, 11) is 0. The molecule has 0 atom stereocenters. The molecule has 4 rings (SSSR count). The maximum Gasteiger partial charge on any atom is 0.225 e. The number of imidazole rings is 1. The smallest absolute Gasteiger partial charge is 0.225 e. The van der Waals surface area contributed by atoms with Gasteiger partial charge in [0.05, 0.1) is 5.69 Å². The van der Waals surface area contributed by atoms with Gasteiger partial charge in [-0.25, -0.2) is 19.3 Å². The first-order valence-electron chi connectivity index (χ1n) is 10.6. The third kappa shape index (κ3) is 4.90. The van der Waals surface area contributed by atoms with E-state index in [0.717, 1.165) is 54.7 Å². The fraction of sp³-hybridized carbons (Fsp3) is 0.391. The van der Waals surface area contributed by atoms with Gasteiger partial charge in [0.1, 0.15) is 11.6 Å². The zero-order chi connectivity index (χ0) is 21.8. The molecule has 0 bridgehead atoms. The van der Waals surface area contributed by atoms with Crippen molar-refractivity contribution >= 4 is 11.9 Å². The topological polar surface area (TPSA) is 78.0 Å². The highest BCUT2D eigenvalue weighted by Crippen LogP contribution is 2.22. The van der Waals surface area contributed by atoms with Gasteiger partial charge >= 0.3 is 0 Å². The van der Waals surface area contributed by atoms with Crippen LogP contribution >= 0.6 is 0 Å². The molecule has 7 nitrogen and oxygen atoms in total. The van der Waals surface area contributed by atoms with E-state index in [2.05, 4.69) is 24.8 Å². The van der Waals surface area contributed by atoms with E-state index in [0.29, 0.717) is 25.1 Å². The van der Waals surface area contributed by atoms with Gasteiger partial charge in [0.25, 0.3) is 0 Å². The standard InChI is InChI=1S/C23H27FN6O/c1-16-15-18(7-8-19(16)24)22-27-17(2)20(28-22)5-3-6-21(31)29-11-13-30(14-12-29)23-25-9-4-10-26-23/h4,7-10,15H,3,5-6,11-14H2,1-2H3,(H,27,28). The van der Waals surface area contributed by atoms with Crippen molar-refractivity contribution in [1.82, 2.24) is 24.8 Å². The van der Waals surface area contributed by atoms with E-state index in [1.165, 1.54) is 6.07 Å². The lowest BCUT2D eigenvalue weighted by molar-refractivity contribution is -0.131. The van der Waals surface area contributed by atoms with Crippen LogP contribution in [-0.2, 0) is 11.2 Å². The van der Waals surface area contributed by atoms with Crippen molar-refractivity contribution in [3.05, 3.63) is 59.4 Å². The van der Waals surface area contributed by atoms with E-state index < -0.39 is 0 Å². The first kappa shape index (κ1) is 21.0. The summed E-state index contributed by atoms with van der Waals surface area (Å²) in [6.45, 7) is 6.59. The van der Waals surface area contributed by atoms with Crippen molar-refractivity contribution in [2.45, 2.75) is 33.1 Å². The summed E-state index contributed by atoms with van der Waals surface area (Å²) < 4.78 is 13.5. The van der Waals surface area contributed by atoms with Gasteiger partial charge in [0.2, 0.25) is 11.9 Å². The van der Waals surface area contributed by atoms with Gasteiger partial charge < -0.3 is 14.8 Å². The first-order valence-corrected chi connectivity index (χ1v) is 10.6. The molecule has 1 aliphatic heterocycles. The molecule has 0 spiro atoms. The number of nitrogens with zero attached hydrogens (tertiary/aromatic N) is 5. The van der Waals surface area contributed by atoms with Crippen LogP contribution in [0.25, 0.3) is 11.4 Å². The fourth-order valence-electron chi connectivity index (χ4n) is 3.84. The van der Waals surface area contributed by atoms with Crippen LogP contribution in [0.5, 0.6) is 0 Å². The predicted molar refractivity (Wildman–Crippen MR) is 117 cm³/mol. The van der Waals surface area contributed by atoms with Crippen LogP contribution in [-0.4, -0.2) is 56.9 Å². The summed E-state index contributed by atoms with van der Waals surface area (Å²) in [5.74, 6) is 1.41. The number of benzene rings is 1. The van der Waals surface area contributed by atoms with Crippen LogP contribution in [0, 0.1) is 19.7 Å². The number of amides is 1. The van der Waals surface area contributed by atoms with Crippen LogP contribution in [0.4, 0.5) is 10.3 Å². The summed E-state index contributed by atoms with van der Waals surface area (Å²) >= 11 is 0. The minimum Gasteiger partial charge on any atom is -0.342 e. The normalized spacial score (nSPS) is 14.2. The Morgan fingerprint density at radius 2 is 1.87 bits per heavy atom. The Balaban J connectivity index is 1.27. The number of nitrogens with one attached hydrogen (secondary N) is 1. The van der Waals surface area contributed by atoms with E-state index >= 15 is 0 Å². The van der Waals surface area contributed by atoms with Gasteiger partial charge in [-0.1, -0.05) is 0 Å². The minimum atomic E-state index is -0.220. The van der Waals surface area contributed by atoms with Crippen LogP contribution in [0.1, 0.15) is 29.8 Å². The molecule has 3 aromatic rings. The number of anilines is 1. The number of aryl methyl sites for hydroxylation is 3. The van der Waals surface area contributed by atoms with E-state index in [-0.39, 0.29) is 11.7 Å². The summed E-state index contributed by atoms with van der Waals surface area (Å²) in [5.41, 5.74) is 3.40. The van der Waals surface area contributed by atoms with Gasteiger partial charge in [0, 0.05) is 56.3 Å². The summed E-state index contributed by atoms with van der Waals surface area (Å²) in [5, 5.41) is 0. The first-order chi connectivity index (χ1) is 15.0. The second-order valence-electron chi connectivity index (χ2n) is 7.89. The summed E-state index contributed by atoms with van der Waals surface area (Å²) in [6, 6.07) is 6.79. The van der Waals surface area contributed by atoms with Crippen molar-refractivity contribution in [3.8, 4) is 11.4 Å². The lowest BCUT2D eigenvalue weighted by atomic mass is 10.1. The molecule has 1 aromatic carbocycles. The molecule has 2 aromatic heterocycles. The molecule has 1 fully saturated rings. The Labute approximate surface area is 181 Å². The van der Waals surface area contributed by atoms with Crippen molar-refractivity contribution in [2.24, 2.45) is 0 Å². The third-order valence-corrected chi connectivity index (χ3v) is 5.69. The highest BCUT2D eigenvalue weighted by molar-refractivity contribution is 5.76. The van der Waals surface area contributed by atoms with Gasteiger partial charge in [-0.3, -0.25) is 4.79 Å². The fourth-order valence-corrected chi connectivity index (χ4v) is 3.84. The van der Waals surface area contributed by atoms with Gasteiger partial charge in [-0.2, -0.15) is 0 Å². The number of piperazine rings is 1. The van der Waals surface area contributed by atoms with E-state index in [9.17, 15) is 9.18 Å². The van der Waals surface area contributed by atoms with Crippen LogP contribution in [0.15, 0.2) is 36.7 Å². The Morgan fingerprint density at radius 1 is 1.13 bits per heavy atom. The molecule has 1 N–H and O–H groups in total. The number of hydrogen-bond donors (Lipinski definition) is 1. The Kier molecular flexibility index (Phi) is 6.25. The molecule has 1 saturated heterocycles. The molecule has 8 heteroatoms. The molecule has 0 unspecified atom stereocenters. The Hall–Kier alpha value is -3.29. The summed E-state index contributed by atoms with van der Waals surface area (Å²) in [6.07, 6.45) is 5.44. The lowest BCUT2D eigenvalue weighted by Crippen LogP contribution is -2.49. The Morgan fingerprint density at radius 3 is 2.58 bits per heavy atom. The van der Waals surface area contributed by atoms with E-state index in [1.54, 1.807) is 37.5 Å². The number of carbonyl (C=O) groups excluding carboxylic acids is 1. The SMILES string of the molecule is Cc1cc(-c2nc(CCCC(=O)N3CCN(c4ncccn4)CC3)c(C)[nH]2)ccc1F. The van der Waals surface area contributed by atoms with Crippen molar-refractivity contribution < 1.29 is 9.18 Å². The number of aromatic nitrogens is 4. The average molecular weight is 423 g/mol. The van der Waals surface area contributed by atoms with Gasteiger partial charge in [0.15, 0.2) is 0 Å². The quantitative estimate of drug-likeness (QED) is 0.660. The number of H-pyrrole nitrogens is 1. The number of carbonyl (C=O) groups is 1.